The van der Waals surface area contributed by atoms with Crippen molar-refractivity contribution in [1.82, 2.24) is 14.8 Å². The standard InChI is InChI=1S/C18H18N4O2S/c1-22-10-13-2-3-14(9-16(13)21-22)20-18(23)12-4-6-19-17(8-12)24-15-5-7-25-11-15/h2-4,6,8-10,15H,5,7,11H2,1H3,(H,20,23). The summed E-state index contributed by atoms with van der Waals surface area (Å²) < 4.78 is 7.61. The maximum Gasteiger partial charge on any atom is 0.255 e. The zero-order valence-corrected chi connectivity index (χ0v) is 14.6. The first-order chi connectivity index (χ1) is 12.2. The molecule has 1 fully saturated rings. The van der Waals surface area contributed by atoms with Gasteiger partial charge in [-0.05, 0) is 36.4 Å². The molecule has 0 radical (unpaired) electrons. The van der Waals surface area contributed by atoms with Crippen LogP contribution in [0, 0.1) is 0 Å². The highest BCUT2D eigenvalue weighted by Gasteiger charge is 2.18. The van der Waals surface area contributed by atoms with Gasteiger partial charge in [0.1, 0.15) is 6.10 Å². The van der Waals surface area contributed by atoms with Crippen molar-refractivity contribution in [2.75, 3.05) is 16.8 Å². The maximum absolute atomic E-state index is 12.5. The predicted octanol–water partition coefficient (Wildman–Crippen LogP) is 3.10. The number of fused-ring (bicyclic) bond motifs is 1. The number of amides is 1. The third-order valence-electron chi connectivity index (χ3n) is 4.05. The van der Waals surface area contributed by atoms with Crippen LogP contribution in [0.15, 0.2) is 42.7 Å². The molecule has 1 saturated heterocycles. The fraction of sp³-hybridized carbons (Fsp3) is 0.278. The number of carbonyl (C=O) groups is 1. The van der Waals surface area contributed by atoms with E-state index in [-0.39, 0.29) is 12.0 Å². The Balaban J connectivity index is 1.49. The molecular weight excluding hydrogens is 336 g/mol. The third kappa shape index (κ3) is 3.61. The summed E-state index contributed by atoms with van der Waals surface area (Å²) in [7, 11) is 1.87. The largest absolute Gasteiger partial charge is 0.473 e. The lowest BCUT2D eigenvalue weighted by Crippen LogP contribution is -2.17. The van der Waals surface area contributed by atoms with Crippen molar-refractivity contribution in [2.24, 2.45) is 7.05 Å². The van der Waals surface area contributed by atoms with Gasteiger partial charge >= 0.3 is 0 Å². The first kappa shape index (κ1) is 16.0. The molecule has 1 atom stereocenters. The van der Waals surface area contributed by atoms with Gasteiger partial charge in [-0.3, -0.25) is 9.48 Å². The summed E-state index contributed by atoms with van der Waals surface area (Å²) >= 11 is 1.88. The Hall–Kier alpha value is -2.54. The Kier molecular flexibility index (Phi) is 4.31. The van der Waals surface area contributed by atoms with Crippen molar-refractivity contribution in [3.05, 3.63) is 48.3 Å². The van der Waals surface area contributed by atoms with Crippen molar-refractivity contribution in [3.8, 4) is 5.88 Å². The van der Waals surface area contributed by atoms with Gasteiger partial charge in [0.2, 0.25) is 5.88 Å². The van der Waals surface area contributed by atoms with Gasteiger partial charge in [0, 0.05) is 47.9 Å². The van der Waals surface area contributed by atoms with Crippen LogP contribution in [0.5, 0.6) is 5.88 Å². The average molecular weight is 354 g/mol. The SMILES string of the molecule is Cn1cc2ccc(NC(=O)c3ccnc(OC4CCSC4)c3)cc2n1. The van der Waals surface area contributed by atoms with E-state index in [1.807, 2.05) is 43.2 Å². The Bertz CT molecular complexity index is 918. The molecule has 4 rings (SSSR count). The number of nitrogens with one attached hydrogen (secondary N) is 1. The normalized spacial score (nSPS) is 16.9. The highest BCUT2D eigenvalue weighted by atomic mass is 32.2. The second kappa shape index (κ2) is 6.76. The Morgan fingerprint density at radius 1 is 1.36 bits per heavy atom. The molecular formula is C18H18N4O2S. The molecule has 6 nitrogen and oxygen atoms in total. The molecule has 3 heterocycles. The van der Waals surface area contributed by atoms with E-state index >= 15 is 0 Å². The minimum absolute atomic E-state index is 0.183. The molecule has 1 unspecified atom stereocenters. The molecule has 0 aliphatic carbocycles. The van der Waals surface area contributed by atoms with E-state index in [2.05, 4.69) is 15.4 Å². The van der Waals surface area contributed by atoms with E-state index in [9.17, 15) is 4.79 Å². The van der Waals surface area contributed by atoms with E-state index in [0.717, 1.165) is 28.8 Å². The zero-order valence-electron chi connectivity index (χ0n) is 13.8. The zero-order chi connectivity index (χ0) is 17.2. The molecule has 1 aliphatic heterocycles. The predicted molar refractivity (Wildman–Crippen MR) is 99.3 cm³/mol. The minimum atomic E-state index is -0.191. The van der Waals surface area contributed by atoms with Gasteiger partial charge in [-0.2, -0.15) is 16.9 Å². The van der Waals surface area contributed by atoms with E-state index in [1.165, 1.54) is 0 Å². The molecule has 7 heteroatoms. The van der Waals surface area contributed by atoms with Gasteiger partial charge in [0.25, 0.3) is 5.91 Å². The summed E-state index contributed by atoms with van der Waals surface area (Å²) in [6, 6.07) is 9.05. The van der Waals surface area contributed by atoms with Crippen LogP contribution in [-0.2, 0) is 7.05 Å². The van der Waals surface area contributed by atoms with Crippen LogP contribution in [0.3, 0.4) is 0 Å². The lowest BCUT2D eigenvalue weighted by Gasteiger charge is -2.12. The van der Waals surface area contributed by atoms with Crippen molar-refractivity contribution < 1.29 is 9.53 Å². The van der Waals surface area contributed by atoms with Gasteiger partial charge in [0.15, 0.2) is 0 Å². The number of ether oxygens (including phenoxy) is 1. The second-order valence-electron chi connectivity index (χ2n) is 6.02. The molecule has 128 valence electrons. The van der Waals surface area contributed by atoms with Crippen LogP contribution in [-0.4, -0.2) is 38.3 Å². The number of hydrogen-bond donors (Lipinski definition) is 1. The van der Waals surface area contributed by atoms with Gasteiger partial charge in [-0.1, -0.05) is 0 Å². The minimum Gasteiger partial charge on any atom is -0.473 e. The molecule has 0 saturated carbocycles. The first-order valence-electron chi connectivity index (χ1n) is 8.12. The van der Waals surface area contributed by atoms with E-state index < -0.39 is 0 Å². The molecule has 1 N–H and O–H groups in total. The van der Waals surface area contributed by atoms with Crippen molar-refractivity contribution in [3.63, 3.8) is 0 Å². The van der Waals surface area contributed by atoms with E-state index in [4.69, 9.17) is 4.74 Å². The number of carbonyl (C=O) groups excluding carboxylic acids is 1. The van der Waals surface area contributed by atoms with Crippen LogP contribution < -0.4 is 10.1 Å². The van der Waals surface area contributed by atoms with Gasteiger partial charge in [0.05, 0.1) is 5.52 Å². The quantitative estimate of drug-likeness (QED) is 0.780. The number of rotatable bonds is 4. The number of thioether (sulfide) groups is 1. The number of aromatic nitrogens is 3. The molecule has 2 aromatic heterocycles. The third-order valence-corrected chi connectivity index (χ3v) is 5.18. The van der Waals surface area contributed by atoms with Crippen LogP contribution in [0.1, 0.15) is 16.8 Å². The molecule has 1 aromatic carbocycles. The number of nitrogens with zero attached hydrogens (tertiary/aromatic N) is 3. The summed E-state index contributed by atoms with van der Waals surface area (Å²) in [6.45, 7) is 0. The maximum atomic E-state index is 12.5. The van der Waals surface area contributed by atoms with Crippen LogP contribution in [0.25, 0.3) is 10.9 Å². The summed E-state index contributed by atoms with van der Waals surface area (Å²) in [6.07, 6.45) is 4.75. The number of benzene rings is 1. The average Bonchev–Trinajstić information content (AvgIpc) is 3.23. The van der Waals surface area contributed by atoms with Crippen LogP contribution >= 0.6 is 11.8 Å². The fourth-order valence-electron chi connectivity index (χ4n) is 2.81. The summed E-state index contributed by atoms with van der Waals surface area (Å²) in [5, 5.41) is 8.30. The highest BCUT2D eigenvalue weighted by molar-refractivity contribution is 7.99. The molecule has 3 aromatic rings. The Labute approximate surface area is 149 Å². The number of pyridine rings is 1. The molecule has 1 aliphatic rings. The number of hydrogen-bond acceptors (Lipinski definition) is 5. The van der Waals surface area contributed by atoms with Gasteiger partial charge in [-0.25, -0.2) is 4.98 Å². The number of aryl methyl sites for hydroxylation is 1. The number of anilines is 1. The summed E-state index contributed by atoms with van der Waals surface area (Å²) in [5.74, 6) is 2.40. The van der Waals surface area contributed by atoms with Crippen molar-refractivity contribution >= 4 is 34.3 Å². The van der Waals surface area contributed by atoms with Crippen molar-refractivity contribution in [1.29, 1.82) is 0 Å². The molecule has 25 heavy (non-hydrogen) atoms. The lowest BCUT2D eigenvalue weighted by molar-refractivity contribution is 0.102. The van der Waals surface area contributed by atoms with Crippen LogP contribution in [0.2, 0.25) is 0 Å². The molecule has 0 spiro atoms. The van der Waals surface area contributed by atoms with Gasteiger partial charge in [-0.15, -0.1) is 0 Å². The first-order valence-corrected chi connectivity index (χ1v) is 9.28. The molecule has 1 amide bonds. The lowest BCUT2D eigenvalue weighted by atomic mass is 10.2. The van der Waals surface area contributed by atoms with Crippen LogP contribution in [0.4, 0.5) is 5.69 Å². The smallest absolute Gasteiger partial charge is 0.255 e. The fourth-order valence-corrected chi connectivity index (χ4v) is 3.91. The van der Waals surface area contributed by atoms with E-state index in [0.29, 0.717) is 17.1 Å². The highest BCUT2D eigenvalue weighted by Crippen LogP contribution is 2.23. The monoisotopic (exact) mass is 354 g/mol. The molecule has 0 bridgehead atoms. The van der Waals surface area contributed by atoms with Gasteiger partial charge < -0.3 is 10.1 Å². The summed E-state index contributed by atoms with van der Waals surface area (Å²) in [4.78, 5) is 16.7. The Morgan fingerprint density at radius 2 is 2.28 bits per heavy atom. The Morgan fingerprint density at radius 3 is 3.12 bits per heavy atom. The second-order valence-corrected chi connectivity index (χ2v) is 7.17. The van der Waals surface area contributed by atoms with E-state index in [1.54, 1.807) is 23.0 Å². The van der Waals surface area contributed by atoms with Crippen molar-refractivity contribution in [2.45, 2.75) is 12.5 Å². The topological polar surface area (TPSA) is 69.0 Å². The summed E-state index contributed by atoms with van der Waals surface area (Å²) in [5.41, 5.74) is 2.08.